The largest absolute Gasteiger partial charge is 0.310 e. The maximum Gasteiger partial charge on any atom is 0.102 e. The van der Waals surface area contributed by atoms with Crippen molar-refractivity contribution in [1.82, 2.24) is 5.32 Å². The van der Waals surface area contributed by atoms with Crippen LogP contribution in [0.1, 0.15) is 6.92 Å². The van der Waals surface area contributed by atoms with Crippen LogP contribution >= 0.6 is 0 Å². The fourth-order valence-electron chi connectivity index (χ4n) is 1.27. The molecule has 0 fully saturated rings. The van der Waals surface area contributed by atoms with Gasteiger partial charge in [-0.15, -0.1) is 0 Å². The molecule has 0 bridgehead atoms. The molecular formula is C11H16FN. The van der Waals surface area contributed by atoms with Gasteiger partial charge in [-0.3, -0.25) is 0 Å². The smallest absolute Gasteiger partial charge is 0.102 e. The molecule has 1 aliphatic carbocycles. The van der Waals surface area contributed by atoms with Gasteiger partial charge in [0.2, 0.25) is 0 Å². The molecule has 0 amide bonds. The van der Waals surface area contributed by atoms with E-state index in [9.17, 15) is 4.39 Å². The Kier molecular flexibility index (Phi) is 3.90. The zero-order chi connectivity index (χ0) is 9.68. The summed E-state index contributed by atoms with van der Waals surface area (Å²) in [5, 5.41) is 3.02. The topological polar surface area (TPSA) is 12.0 Å². The summed E-state index contributed by atoms with van der Waals surface area (Å²) in [6.07, 6.45) is 6.22. The summed E-state index contributed by atoms with van der Waals surface area (Å²) >= 11 is 0. The molecule has 1 nitrogen and oxygen atoms in total. The monoisotopic (exact) mass is 181 g/mol. The molecule has 0 spiro atoms. The van der Waals surface area contributed by atoms with E-state index in [0.29, 0.717) is 12.5 Å². The average Bonchev–Trinajstić information content (AvgIpc) is 2.12. The highest BCUT2D eigenvalue weighted by Gasteiger charge is 2.06. The maximum absolute atomic E-state index is 11.8. The Morgan fingerprint density at radius 3 is 2.92 bits per heavy atom. The minimum absolute atomic E-state index is 0.306. The Labute approximate surface area is 79.0 Å². The maximum atomic E-state index is 11.8. The van der Waals surface area contributed by atoms with E-state index in [1.54, 1.807) is 0 Å². The fourth-order valence-corrected chi connectivity index (χ4v) is 1.27. The van der Waals surface area contributed by atoms with Crippen molar-refractivity contribution in [2.75, 3.05) is 19.8 Å². The van der Waals surface area contributed by atoms with Crippen LogP contribution in [-0.4, -0.2) is 19.8 Å². The van der Waals surface area contributed by atoms with Gasteiger partial charge in [-0.2, -0.15) is 0 Å². The number of halogens is 1. The van der Waals surface area contributed by atoms with Gasteiger partial charge < -0.3 is 5.32 Å². The summed E-state index contributed by atoms with van der Waals surface area (Å²) in [7, 11) is 0. The van der Waals surface area contributed by atoms with E-state index in [0.717, 1.165) is 12.1 Å². The van der Waals surface area contributed by atoms with Gasteiger partial charge in [0.15, 0.2) is 0 Å². The van der Waals surface area contributed by atoms with Crippen LogP contribution in [0.4, 0.5) is 4.39 Å². The van der Waals surface area contributed by atoms with Crippen molar-refractivity contribution < 1.29 is 4.39 Å². The normalized spacial score (nSPS) is 21.8. The van der Waals surface area contributed by atoms with E-state index >= 15 is 0 Å². The van der Waals surface area contributed by atoms with Gasteiger partial charge in [-0.1, -0.05) is 31.7 Å². The van der Waals surface area contributed by atoms with Crippen LogP contribution in [0.15, 0.2) is 36.0 Å². The van der Waals surface area contributed by atoms with Crippen molar-refractivity contribution in [2.45, 2.75) is 6.92 Å². The van der Waals surface area contributed by atoms with Crippen LogP contribution in [0.3, 0.4) is 0 Å². The number of rotatable bonds is 4. The first-order chi connectivity index (χ1) is 6.24. The van der Waals surface area contributed by atoms with Gasteiger partial charge >= 0.3 is 0 Å². The number of allylic oxidation sites excluding steroid dienone is 3. The van der Waals surface area contributed by atoms with Gasteiger partial charge in [-0.05, 0) is 17.1 Å². The Balaban J connectivity index is 2.39. The van der Waals surface area contributed by atoms with E-state index in [1.165, 1.54) is 5.57 Å². The lowest BCUT2D eigenvalue weighted by molar-refractivity contribution is 0.474. The molecule has 0 aromatic carbocycles. The Bertz CT molecular complexity index is 240. The summed E-state index contributed by atoms with van der Waals surface area (Å²) in [5.41, 5.74) is 2.35. The van der Waals surface area contributed by atoms with Crippen LogP contribution in [0.2, 0.25) is 0 Å². The molecule has 1 atom stereocenters. The van der Waals surface area contributed by atoms with Gasteiger partial charge in [0.25, 0.3) is 0 Å². The third-order valence-corrected chi connectivity index (χ3v) is 2.16. The molecule has 0 saturated carbocycles. The van der Waals surface area contributed by atoms with Crippen LogP contribution in [0, 0.1) is 5.92 Å². The third-order valence-electron chi connectivity index (χ3n) is 2.16. The molecular weight excluding hydrogens is 165 g/mol. The highest BCUT2D eigenvalue weighted by molar-refractivity contribution is 5.36. The fraction of sp³-hybridized carbons (Fsp3) is 0.455. The SMILES string of the molecule is C=C1C=CC(CNCCF)=CC1C. The third kappa shape index (κ3) is 3.15. The van der Waals surface area contributed by atoms with Crippen LogP contribution in [0.25, 0.3) is 0 Å². The molecule has 1 aliphatic rings. The second-order valence-corrected chi connectivity index (χ2v) is 3.30. The summed E-state index contributed by atoms with van der Waals surface area (Å²) < 4.78 is 11.8. The summed E-state index contributed by atoms with van der Waals surface area (Å²) in [6.45, 7) is 6.90. The molecule has 0 aromatic heterocycles. The Morgan fingerprint density at radius 2 is 2.31 bits per heavy atom. The Hall–Kier alpha value is -0.890. The van der Waals surface area contributed by atoms with Gasteiger partial charge in [0, 0.05) is 13.1 Å². The number of nitrogens with one attached hydrogen (secondary N) is 1. The highest BCUT2D eigenvalue weighted by atomic mass is 19.1. The van der Waals surface area contributed by atoms with Gasteiger partial charge in [0.05, 0.1) is 0 Å². The summed E-state index contributed by atoms with van der Waals surface area (Å²) in [5.74, 6) is 0.409. The second kappa shape index (κ2) is 4.97. The van der Waals surface area contributed by atoms with Crippen molar-refractivity contribution in [2.24, 2.45) is 5.92 Å². The molecule has 0 radical (unpaired) electrons. The predicted octanol–water partition coefficient (Wildman–Crippen LogP) is 2.23. The molecule has 0 saturated heterocycles. The highest BCUT2D eigenvalue weighted by Crippen LogP contribution is 2.19. The lowest BCUT2D eigenvalue weighted by atomic mass is 9.94. The molecule has 1 rings (SSSR count). The van der Waals surface area contributed by atoms with Crippen LogP contribution in [-0.2, 0) is 0 Å². The average molecular weight is 181 g/mol. The van der Waals surface area contributed by atoms with Crippen molar-refractivity contribution in [3.63, 3.8) is 0 Å². The van der Waals surface area contributed by atoms with Crippen molar-refractivity contribution >= 4 is 0 Å². The quantitative estimate of drug-likeness (QED) is 0.656. The van der Waals surface area contributed by atoms with Crippen LogP contribution < -0.4 is 5.32 Å². The molecule has 1 unspecified atom stereocenters. The zero-order valence-corrected chi connectivity index (χ0v) is 8.02. The Morgan fingerprint density at radius 1 is 1.54 bits per heavy atom. The van der Waals surface area contributed by atoms with Crippen molar-refractivity contribution in [3.8, 4) is 0 Å². The molecule has 1 N–H and O–H groups in total. The molecule has 13 heavy (non-hydrogen) atoms. The number of hydrogen-bond donors (Lipinski definition) is 1. The van der Waals surface area contributed by atoms with E-state index < -0.39 is 0 Å². The number of alkyl halides is 1. The molecule has 72 valence electrons. The van der Waals surface area contributed by atoms with Gasteiger partial charge in [-0.25, -0.2) is 4.39 Å². The summed E-state index contributed by atoms with van der Waals surface area (Å²) in [6, 6.07) is 0. The minimum atomic E-state index is -0.306. The number of hydrogen-bond acceptors (Lipinski definition) is 1. The standard InChI is InChI=1S/C11H16FN/c1-9-3-4-11(7-10(9)2)8-13-6-5-12/h3-4,7,10,13H,1,5-6,8H2,2H3. The lowest BCUT2D eigenvalue weighted by Gasteiger charge is -2.14. The molecule has 0 heterocycles. The molecule has 2 heteroatoms. The van der Waals surface area contributed by atoms with Crippen molar-refractivity contribution in [1.29, 1.82) is 0 Å². The van der Waals surface area contributed by atoms with E-state index in [1.807, 2.05) is 12.2 Å². The van der Waals surface area contributed by atoms with E-state index in [-0.39, 0.29) is 6.67 Å². The lowest BCUT2D eigenvalue weighted by Crippen LogP contribution is -2.20. The van der Waals surface area contributed by atoms with Crippen LogP contribution in [0.5, 0.6) is 0 Å². The summed E-state index contributed by atoms with van der Waals surface area (Å²) in [4.78, 5) is 0. The molecule has 0 aromatic rings. The van der Waals surface area contributed by atoms with E-state index in [2.05, 4.69) is 24.9 Å². The minimum Gasteiger partial charge on any atom is -0.310 e. The van der Waals surface area contributed by atoms with E-state index in [4.69, 9.17) is 0 Å². The zero-order valence-electron chi connectivity index (χ0n) is 8.02. The first-order valence-corrected chi connectivity index (χ1v) is 4.58. The van der Waals surface area contributed by atoms with Crippen molar-refractivity contribution in [3.05, 3.63) is 36.0 Å². The first kappa shape index (κ1) is 10.2. The predicted molar refractivity (Wildman–Crippen MR) is 54.4 cm³/mol. The molecule has 0 aliphatic heterocycles. The second-order valence-electron chi connectivity index (χ2n) is 3.30. The van der Waals surface area contributed by atoms with Gasteiger partial charge in [0.1, 0.15) is 6.67 Å². The first-order valence-electron chi connectivity index (χ1n) is 4.58.